The first-order chi connectivity index (χ1) is 24.6. The average molecular weight is 722 g/mol. The topological polar surface area (TPSA) is 0 Å². The molecule has 0 unspecified atom stereocenters. The van der Waals surface area contributed by atoms with E-state index in [1.807, 2.05) is 36.4 Å². The van der Waals surface area contributed by atoms with Crippen LogP contribution in [-0.2, 0) is 24.2 Å². The van der Waals surface area contributed by atoms with Gasteiger partial charge in [-0.15, -0.1) is 69.1 Å². The van der Waals surface area contributed by atoms with E-state index in [1.165, 1.54) is 90.3 Å². The van der Waals surface area contributed by atoms with Gasteiger partial charge in [0.25, 0.3) is 0 Å². The van der Waals surface area contributed by atoms with Crippen molar-refractivity contribution in [3.8, 4) is 22.3 Å². The van der Waals surface area contributed by atoms with Crippen molar-refractivity contribution in [2.45, 2.75) is 13.8 Å². The van der Waals surface area contributed by atoms with Crippen molar-refractivity contribution in [2.75, 3.05) is 0 Å². The molecule has 0 saturated heterocycles. The number of rotatable bonds is 5. The SMILES string of the molecule is C(C=Cc1ccccc1)=Cc1ccccc1.Cc1cc2c(-c3ccccc3)cccc2[cH-]1.Cc1cc2c(-c3ccccc3)cccc2[cH-]1.[CH2]=[Zr+2]. The van der Waals surface area contributed by atoms with E-state index < -0.39 is 0 Å². The maximum absolute atomic E-state index is 3.34. The second-order valence-corrected chi connectivity index (χ2v) is 12.0. The third-order valence-electron chi connectivity index (χ3n) is 8.25. The van der Waals surface area contributed by atoms with Gasteiger partial charge in [-0.3, -0.25) is 0 Å². The van der Waals surface area contributed by atoms with Crippen LogP contribution in [0.3, 0.4) is 0 Å². The third-order valence-corrected chi connectivity index (χ3v) is 8.25. The fraction of sp³-hybridized carbons (Fsp3) is 0.0408. The Morgan fingerprint density at radius 1 is 0.420 bits per heavy atom. The first-order valence-electron chi connectivity index (χ1n) is 16.9. The summed E-state index contributed by atoms with van der Waals surface area (Å²) in [7, 11) is 0. The van der Waals surface area contributed by atoms with Crippen molar-refractivity contribution in [1.82, 2.24) is 0 Å². The summed E-state index contributed by atoms with van der Waals surface area (Å²) < 4.78 is 3.34. The molecule has 0 saturated carbocycles. The van der Waals surface area contributed by atoms with E-state index in [0.717, 1.165) is 0 Å². The van der Waals surface area contributed by atoms with Crippen LogP contribution >= 0.6 is 0 Å². The van der Waals surface area contributed by atoms with Crippen molar-refractivity contribution >= 4 is 37.9 Å². The van der Waals surface area contributed by atoms with Crippen molar-refractivity contribution in [3.63, 3.8) is 0 Å². The second kappa shape index (κ2) is 19.1. The van der Waals surface area contributed by atoms with E-state index in [4.69, 9.17) is 0 Å². The molecule has 0 atom stereocenters. The Morgan fingerprint density at radius 3 is 1.12 bits per heavy atom. The van der Waals surface area contributed by atoms with Gasteiger partial charge in [-0.25, -0.2) is 0 Å². The molecule has 0 heterocycles. The molecule has 0 nitrogen and oxygen atoms in total. The van der Waals surface area contributed by atoms with Crippen molar-refractivity contribution in [1.29, 1.82) is 0 Å². The molecule has 242 valence electrons. The van der Waals surface area contributed by atoms with Crippen LogP contribution in [0.25, 0.3) is 56.0 Å². The third kappa shape index (κ3) is 10.1. The molecular formula is C49H42Zr. The quantitative estimate of drug-likeness (QED) is 0.123. The van der Waals surface area contributed by atoms with E-state index in [0.29, 0.717) is 0 Å². The van der Waals surface area contributed by atoms with Crippen molar-refractivity contribution < 1.29 is 24.2 Å². The summed E-state index contributed by atoms with van der Waals surface area (Å²) in [6, 6.07) is 63.7. The van der Waals surface area contributed by atoms with Gasteiger partial charge in [-0.2, -0.15) is 12.1 Å². The summed E-state index contributed by atoms with van der Waals surface area (Å²) in [5.41, 5.74) is 10.3. The molecule has 8 aromatic carbocycles. The number of hydrogen-bond donors (Lipinski definition) is 0. The van der Waals surface area contributed by atoms with E-state index in [2.05, 4.69) is 188 Å². The number of allylic oxidation sites excluding steroid dienone is 2. The Kier molecular flexibility index (Phi) is 13.8. The van der Waals surface area contributed by atoms with E-state index in [-0.39, 0.29) is 0 Å². The molecule has 0 bridgehead atoms. The molecule has 0 aromatic heterocycles. The molecule has 0 aliphatic heterocycles. The number of aryl methyl sites for hydroxylation is 2. The Hall–Kier alpha value is -5.23. The molecule has 0 N–H and O–H groups in total. The Morgan fingerprint density at radius 2 is 0.760 bits per heavy atom. The molecule has 1 heteroatoms. The number of benzene rings is 6. The zero-order valence-corrected chi connectivity index (χ0v) is 31.3. The molecule has 0 aliphatic carbocycles. The molecule has 8 rings (SSSR count). The monoisotopic (exact) mass is 720 g/mol. The van der Waals surface area contributed by atoms with Gasteiger partial charge >= 0.3 is 28.4 Å². The van der Waals surface area contributed by atoms with Crippen LogP contribution in [0.4, 0.5) is 0 Å². The van der Waals surface area contributed by atoms with Gasteiger partial charge < -0.3 is 0 Å². The molecule has 8 aromatic rings. The number of hydrogen-bond acceptors (Lipinski definition) is 0. The van der Waals surface area contributed by atoms with E-state index in [1.54, 1.807) is 0 Å². The van der Waals surface area contributed by atoms with Crippen LogP contribution in [0.15, 0.2) is 194 Å². The Labute approximate surface area is 312 Å². The van der Waals surface area contributed by atoms with Gasteiger partial charge in [0.15, 0.2) is 0 Å². The second-order valence-electron chi connectivity index (χ2n) is 12.0. The van der Waals surface area contributed by atoms with E-state index >= 15 is 0 Å². The summed E-state index contributed by atoms with van der Waals surface area (Å²) in [4.78, 5) is 0. The molecule has 50 heavy (non-hydrogen) atoms. The first-order valence-corrected chi connectivity index (χ1v) is 18.6. The predicted octanol–water partition coefficient (Wildman–Crippen LogP) is 13.4. The minimum absolute atomic E-state index is 1.22. The molecular weight excluding hydrogens is 680 g/mol. The van der Waals surface area contributed by atoms with Crippen LogP contribution < -0.4 is 0 Å². The van der Waals surface area contributed by atoms with Crippen LogP contribution in [0.2, 0.25) is 0 Å². The molecule has 0 fully saturated rings. The normalized spacial score (nSPS) is 10.6. The fourth-order valence-electron chi connectivity index (χ4n) is 5.97. The number of fused-ring (bicyclic) bond motifs is 2. The van der Waals surface area contributed by atoms with Gasteiger partial charge in [-0.05, 0) is 22.3 Å². The zero-order valence-electron chi connectivity index (χ0n) is 28.8. The van der Waals surface area contributed by atoms with Gasteiger partial charge in [0, 0.05) is 0 Å². The molecule has 0 radical (unpaired) electrons. The fourth-order valence-corrected chi connectivity index (χ4v) is 5.97. The maximum atomic E-state index is 3.34. The summed E-state index contributed by atoms with van der Waals surface area (Å²) in [5, 5.41) is 5.37. The van der Waals surface area contributed by atoms with Gasteiger partial charge in [0.2, 0.25) is 0 Å². The van der Waals surface area contributed by atoms with Crippen LogP contribution in [-0.4, -0.2) is 4.21 Å². The summed E-state index contributed by atoms with van der Waals surface area (Å²) in [6.07, 6.45) is 8.31. The zero-order chi connectivity index (χ0) is 35.0. The Bertz CT molecular complexity index is 2070. The standard InChI is InChI=1S/2C16H13.C16H14.CH2.Zr/c2*1-12-10-14-8-5-9-15(16(14)11-12)13-6-3-2-4-7-13;1-3-9-15(10-4-1)13-7-8-14-16-11-5-2-6-12-16;;/h2*2-11H,1H3;1-14H;1H2;/q2*-1;;;+2. The molecule has 0 aliphatic rings. The minimum atomic E-state index is 1.22. The van der Waals surface area contributed by atoms with Gasteiger partial charge in [0.1, 0.15) is 0 Å². The summed E-state index contributed by atoms with van der Waals surface area (Å²) in [5.74, 6) is 0. The predicted molar refractivity (Wildman–Crippen MR) is 218 cm³/mol. The molecule has 0 amide bonds. The summed E-state index contributed by atoms with van der Waals surface area (Å²) >= 11 is 1.30. The van der Waals surface area contributed by atoms with Crippen molar-refractivity contribution in [3.05, 3.63) is 216 Å². The van der Waals surface area contributed by atoms with Crippen molar-refractivity contribution in [2.24, 2.45) is 0 Å². The van der Waals surface area contributed by atoms with E-state index in [9.17, 15) is 0 Å². The average Bonchev–Trinajstić information content (AvgIpc) is 3.77. The Balaban J connectivity index is 0.000000142. The van der Waals surface area contributed by atoms with Crippen LogP contribution in [0.5, 0.6) is 0 Å². The van der Waals surface area contributed by atoms with Crippen LogP contribution in [0.1, 0.15) is 22.3 Å². The van der Waals surface area contributed by atoms with Gasteiger partial charge in [-0.1, -0.05) is 183 Å². The van der Waals surface area contributed by atoms with Crippen LogP contribution in [0, 0.1) is 13.8 Å². The first kappa shape index (κ1) is 36.1. The van der Waals surface area contributed by atoms with Gasteiger partial charge in [0.05, 0.1) is 0 Å². The summed E-state index contributed by atoms with van der Waals surface area (Å²) in [6.45, 7) is 4.30. The molecule has 0 spiro atoms.